The molecule has 2 aromatic heterocycles. The van der Waals surface area contributed by atoms with Crippen molar-refractivity contribution in [3.63, 3.8) is 0 Å². The molecule has 0 unspecified atom stereocenters. The minimum atomic E-state index is -0.536. The van der Waals surface area contributed by atoms with Gasteiger partial charge < -0.3 is 0 Å². The van der Waals surface area contributed by atoms with Crippen LogP contribution >= 0.6 is 11.6 Å². The fourth-order valence-electron chi connectivity index (χ4n) is 1.49. The summed E-state index contributed by atoms with van der Waals surface area (Å²) in [6, 6.07) is 6.59. The van der Waals surface area contributed by atoms with E-state index >= 15 is 0 Å². The highest BCUT2D eigenvalue weighted by atomic mass is 35.5. The molecule has 2 aromatic rings. The van der Waals surface area contributed by atoms with Crippen molar-refractivity contribution < 1.29 is 0 Å². The van der Waals surface area contributed by atoms with E-state index in [1.54, 1.807) is 6.07 Å². The SMILES string of the molecule is Cc1cccc(Cn2c(=O)cc(Cl)[nH]c2=O)n1. The van der Waals surface area contributed by atoms with E-state index in [1.807, 2.05) is 19.1 Å². The topological polar surface area (TPSA) is 67.8 Å². The fraction of sp³-hybridized carbons (Fsp3) is 0.182. The minimum absolute atomic E-state index is 0.0356. The zero-order valence-electron chi connectivity index (χ0n) is 9.11. The number of H-pyrrole nitrogens is 1. The van der Waals surface area contributed by atoms with E-state index in [1.165, 1.54) is 6.07 Å². The van der Waals surface area contributed by atoms with Crippen molar-refractivity contribution in [2.24, 2.45) is 0 Å². The molecule has 0 radical (unpaired) electrons. The molecule has 6 heteroatoms. The molecule has 0 bridgehead atoms. The fourth-order valence-corrected chi connectivity index (χ4v) is 1.67. The number of aromatic nitrogens is 3. The van der Waals surface area contributed by atoms with Crippen LogP contribution in [0.4, 0.5) is 0 Å². The van der Waals surface area contributed by atoms with Crippen molar-refractivity contribution in [2.75, 3.05) is 0 Å². The molecular formula is C11H10ClN3O2. The lowest BCUT2D eigenvalue weighted by Gasteiger charge is -2.04. The van der Waals surface area contributed by atoms with Crippen LogP contribution in [0.3, 0.4) is 0 Å². The van der Waals surface area contributed by atoms with Crippen molar-refractivity contribution in [1.82, 2.24) is 14.5 Å². The second-order valence-electron chi connectivity index (χ2n) is 3.62. The number of rotatable bonds is 2. The Morgan fingerprint density at radius 2 is 2.18 bits per heavy atom. The summed E-state index contributed by atoms with van der Waals surface area (Å²) in [4.78, 5) is 29.7. The standard InChI is InChI=1S/C11H10ClN3O2/c1-7-3-2-4-8(13-7)6-15-10(16)5-9(12)14-11(15)17/h2-5H,6H2,1H3,(H,14,17). The molecule has 1 N–H and O–H groups in total. The lowest BCUT2D eigenvalue weighted by Crippen LogP contribution is -2.35. The maximum Gasteiger partial charge on any atom is 0.329 e. The van der Waals surface area contributed by atoms with Gasteiger partial charge in [-0.1, -0.05) is 17.7 Å². The normalized spacial score (nSPS) is 10.5. The first-order valence-corrected chi connectivity index (χ1v) is 5.36. The predicted molar refractivity (Wildman–Crippen MR) is 64.4 cm³/mol. The van der Waals surface area contributed by atoms with Gasteiger partial charge in [0.1, 0.15) is 5.15 Å². The third kappa shape index (κ3) is 2.62. The molecule has 0 aromatic carbocycles. The minimum Gasteiger partial charge on any atom is -0.298 e. The lowest BCUT2D eigenvalue weighted by atomic mass is 10.3. The van der Waals surface area contributed by atoms with Crippen LogP contribution in [0.2, 0.25) is 5.15 Å². The van der Waals surface area contributed by atoms with Gasteiger partial charge in [0.15, 0.2) is 0 Å². The Kier molecular flexibility index (Phi) is 3.10. The van der Waals surface area contributed by atoms with Crippen LogP contribution in [-0.4, -0.2) is 14.5 Å². The molecule has 88 valence electrons. The molecule has 0 amide bonds. The first kappa shape index (κ1) is 11.6. The summed E-state index contributed by atoms with van der Waals surface area (Å²) in [7, 11) is 0. The molecule has 0 saturated heterocycles. The van der Waals surface area contributed by atoms with Gasteiger partial charge in [-0.15, -0.1) is 0 Å². The number of hydrogen-bond acceptors (Lipinski definition) is 3. The zero-order valence-corrected chi connectivity index (χ0v) is 9.86. The van der Waals surface area contributed by atoms with Crippen LogP contribution in [0.25, 0.3) is 0 Å². The van der Waals surface area contributed by atoms with Gasteiger partial charge in [0, 0.05) is 11.8 Å². The number of nitrogens with zero attached hydrogens (tertiary/aromatic N) is 2. The van der Waals surface area contributed by atoms with Gasteiger partial charge in [0.2, 0.25) is 0 Å². The van der Waals surface area contributed by atoms with E-state index in [4.69, 9.17) is 11.6 Å². The van der Waals surface area contributed by atoms with E-state index in [0.717, 1.165) is 10.3 Å². The molecule has 0 spiro atoms. The van der Waals surface area contributed by atoms with Crippen LogP contribution in [0.5, 0.6) is 0 Å². The molecule has 0 aliphatic heterocycles. The predicted octanol–water partition coefficient (Wildman–Crippen LogP) is 0.942. The first-order valence-electron chi connectivity index (χ1n) is 4.98. The van der Waals surface area contributed by atoms with Crippen molar-refractivity contribution in [2.45, 2.75) is 13.5 Å². The van der Waals surface area contributed by atoms with E-state index in [2.05, 4.69) is 9.97 Å². The van der Waals surface area contributed by atoms with E-state index in [0.29, 0.717) is 5.69 Å². The highest BCUT2D eigenvalue weighted by Crippen LogP contribution is 1.99. The van der Waals surface area contributed by atoms with Gasteiger partial charge in [-0.2, -0.15) is 0 Å². The van der Waals surface area contributed by atoms with Gasteiger partial charge in [-0.3, -0.25) is 19.3 Å². The summed E-state index contributed by atoms with van der Waals surface area (Å²) in [5, 5.41) is 0.0356. The van der Waals surface area contributed by atoms with Crippen LogP contribution in [0, 0.1) is 6.92 Å². The number of nitrogens with one attached hydrogen (secondary N) is 1. The van der Waals surface area contributed by atoms with Crippen molar-refractivity contribution in [3.05, 3.63) is 61.6 Å². The van der Waals surface area contributed by atoms with E-state index in [9.17, 15) is 9.59 Å². The Morgan fingerprint density at radius 1 is 1.41 bits per heavy atom. The smallest absolute Gasteiger partial charge is 0.298 e. The Morgan fingerprint density at radius 3 is 2.82 bits per heavy atom. The second-order valence-corrected chi connectivity index (χ2v) is 4.02. The van der Waals surface area contributed by atoms with Gasteiger partial charge >= 0.3 is 5.69 Å². The Hall–Kier alpha value is -1.88. The average molecular weight is 252 g/mol. The van der Waals surface area contributed by atoms with Gasteiger partial charge in [0.05, 0.1) is 12.2 Å². The monoisotopic (exact) mass is 251 g/mol. The van der Waals surface area contributed by atoms with E-state index in [-0.39, 0.29) is 11.7 Å². The Bertz CT molecular complexity index is 629. The number of pyridine rings is 1. The Labute approximate surface area is 102 Å². The molecular weight excluding hydrogens is 242 g/mol. The van der Waals surface area contributed by atoms with Crippen LogP contribution in [0.15, 0.2) is 33.9 Å². The molecule has 0 atom stereocenters. The Balaban J connectivity index is 2.44. The quantitative estimate of drug-likeness (QED) is 0.808. The molecule has 0 saturated carbocycles. The second kappa shape index (κ2) is 4.55. The molecule has 0 aliphatic carbocycles. The maximum atomic E-state index is 11.6. The summed E-state index contributed by atoms with van der Waals surface area (Å²) >= 11 is 5.57. The lowest BCUT2D eigenvalue weighted by molar-refractivity contribution is 0.683. The summed E-state index contributed by atoms with van der Waals surface area (Å²) in [6.07, 6.45) is 0. The van der Waals surface area contributed by atoms with Crippen molar-refractivity contribution in [1.29, 1.82) is 0 Å². The number of hydrogen-bond donors (Lipinski definition) is 1. The highest BCUT2D eigenvalue weighted by Gasteiger charge is 2.04. The summed E-state index contributed by atoms with van der Waals surface area (Å²) < 4.78 is 1.05. The molecule has 0 fully saturated rings. The highest BCUT2D eigenvalue weighted by molar-refractivity contribution is 6.29. The van der Waals surface area contributed by atoms with Gasteiger partial charge in [0.25, 0.3) is 5.56 Å². The van der Waals surface area contributed by atoms with Crippen molar-refractivity contribution >= 4 is 11.6 Å². The third-order valence-corrected chi connectivity index (χ3v) is 2.46. The van der Waals surface area contributed by atoms with Crippen LogP contribution in [-0.2, 0) is 6.54 Å². The summed E-state index contributed by atoms with van der Waals surface area (Å²) in [6.45, 7) is 1.98. The molecule has 2 heterocycles. The van der Waals surface area contributed by atoms with Crippen LogP contribution in [0.1, 0.15) is 11.4 Å². The van der Waals surface area contributed by atoms with E-state index < -0.39 is 11.2 Å². The molecule has 0 aliphatic rings. The number of aromatic amines is 1. The third-order valence-electron chi connectivity index (χ3n) is 2.25. The van der Waals surface area contributed by atoms with Crippen LogP contribution < -0.4 is 11.2 Å². The molecule has 5 nitrogen and oxygen atoms in total. The summed E-state index contributed by atoms with van der Waals surface area (Å²) in [5.74, 6) is 0. The molecule has 17 heavy (non-hydrogen) atoms. The number of aryl methyl sites for hydroxylation is 1. The average Bonchev–Trinajstić information content (AvgIpc) is 2.23. The number of halogens is 1. The van der Waals surface area contributed by atoms with Gasteiger partial charge in [-0.25, -0.2) is 4.79 Å². The maximum absolute atomic E-state index is 11.6. The summed E-state index contributed by atoms with van der Waals surface area (Å²) in [5.41, 5.74) is 0.508. The molecule has 2 rings (SSSR count). The largest absolute Gasteiger partial charge is 0.329 e. The zero-order chi connectivity index (χ0) is 12.4. The first-order chi connectivity index (χ1) is 8.06. The van der Waals surface area contributed by atoms with Crippen molar-refractivity contribution in [3.8, 4) is 0 Å². The van der Waals surface area contributed by atoms with Gasteiger partial charge in [-0.05, 0) is 19.1 Å².